The minimum atomic E-state index is -0.658. The summed E-state index contributed by atoms with van der Waals surface area (Å²) in [5, 5.41) is 22.6. The molecule has 106 valence electrons. The number of nitriles is 1. The molecule has 2 aliphatic rings. The van der Waals surface area contributed by atoms with Crippen LogP contribution in [0.5, 0.6) is 5.75 Å². The summed E-state index contributed by atoms with van der Waals surface area (Å²) in [6, 6.07) is 4.25. The number of hydrogen-bond acceptors (Lipinski definition) is 6. The highest BCUT2D eigenvalue weighted by molar-refractivity contribution is 5.42. The molecule has 0 bridgehead atoms. The zero-order chi connectivity index (χ0) is 14.1. The molecule has 2 N–H and O–H groups in total. The van der Waals surface area contributed by atoms with E-state index in [1.165, 1.54) is 13.3 Å². The van der Waals surface area contributed by atoms with Gasteiger partial charge in [0.15, 0.2) is 0 Å². The summed E-state index contributed by atoms with van der Waals surface area (Å²) in [7, 11) is 1.51. The molecule has 1 aromatic rings. The maximum Gasteiger partial charge on any atom is 0.140 e. The lowest BCUT2D eigenvalue weighted by Gasteiger charge is -2.30. The third-order valence-corrected chi connectivity index (χ3v) is 4.16. The fourth-order valence-electron chi connectivity index (χ4n) is 2.92. The number of hydrogen-bond donors (Lipinski definition) is 2. The summed E-state index contributed by atoms with van der Waals surface area (Å²) in [4.78, 5) is 6.42. The molecule has 2 saturated heterocycles. The molecule has 6 heteroatoms. The quantitative estimate of drug-likeness (QED) is 0.798. The van der Waals surface area contributed by atoms with Crippen molar-refractivity contribution in [2.45, 2.75) is 12.1 Å². The maximum absolute atomic E-state index is 10.3. The number of methoxy groups -OCH3 is 1. The molecule has 3 unspecified atom stereocenters. The van der Waals surface area contributed by atoms with Crippen LogP contribution in [0.3, 0.4) is 0 Å². The number of aliphatic hydroxyl groups is 1. The number of rotatable bonds is 4. The lowest BCUT2D eigenvalue weighted by atomic mass is 9.96. The van der Waals surface area contributed by atoms with Gasteiger partial charge >= 0.3 is 0 Å². The normalized spacial score (nSPS) is 26.4. The Morgan fingerprint density at radius 2 is 2.50 bits per heavy atom. The smallest absolute Gasteiger partial charge is 0.140 e. The van der Waals surface area contributed by atoms with Gasteiger partial charge in [0.25, 0.3) is 0 Å². The highest BCUT2D eigenvalue weighted by Crippen LogP contribution is 2.26. The summed E-state index contributed by atoms with van der Waals surface area (Å²) < 4.78 is 5.14. The average molecular weight is 274 g/mol. The lowest BCUT2D eigenvalue weighted by Crippen LogP contribution is -2.51. The van der Waals surface area contributed by atoms with Crippen molar-refractivity contribution in [3.8, 4) is 11.8 Å². The van der Waals surface area contributed by atoms with E-state index in [-0.39, 0.29) is 0 Å². The van der Waals surface area contributed by atoms with Gasteiger partial charge in [0.2, 0.25) is 0 Å². The van der Waals surface area contributed by atoms with Crippen LogP contribution in [0.25, 0.3) is 0 Å². The van der Waals surface area contributed by atoms with E-state index in [0.29, 0.717) is 29.6 Å². The Balaban J connectivity index is 1.67. The zero-order valence-corrected chi connectivity index (χ0v) is 11.4. The minimum Gasteiger partial charge on any atom is -0.495 e. The van der Waals surface area contributed by atoms with E-state index >= 15 is 0 Å². The first-order chi connectivity index (χ1) is 9.71. The Morgan fingerprint density at radius 1 is 1.65 bits per heavy atom. The maximum atomic E-state index is 10.3. The van der Waals surface area contributed by atoms with Crippen molar-refractivity contribution in [1.29, 1.82) is 5.26 Å². The van der Waals surface area contributed by atoms with E-state index in [1.54, 1.807) is 6.07 Å². The third-order valence-electron chi connectivity index (χ3n) is 4.16. The molecule has 0 radical (unpaired) electrons. The molecule has 0 spiro atoms. The van der Waals surface area contributed by atoms with Crippen LogP contribution in [0.4, 0.5) is 0 Å². The molecule has 0 saturated carbocycles. The van der Waals surface area contributed by atoms with Crippen molar-refractivity contribution < 1.29 is 9.84 Å². The lowest BCUT2D eigenvalue weighted by molar-refractivity contribution is 0.121. The second-order valence-electron chi connectivity index (χ2n) is 5.43. The molecule has 6 nitrogen and oxygen atoms in total. The third kappa shape index (κ3) is 2.36. The predicted octanol–water partition coefficient (Wildman–Crippen LogP) is -0.101. The summed E-state index contributed by atoms with van der Waals surface area (Å²) in [5.41, 5.74) is 0.930. The van der Waals surface area contributed by atoms with E-state index in [1.807, 2.05) is 6.07 Å². The number of ether oxygens (including phenoxy) is 1. The van der Waals surface area contributed by atoms with Gasteiger partial charge in [-0.2, -0.15) is 5.26 Å². The van der Waals surface area contributed by atoms with Crippen molar-refractivity contribution in [3.63, 3.8) is 0 Å². The Kier molecular flexibility index (Phi) is 3.57. The molecule has 0 aromatic carbocycles. The molecule has 20 heavy (non-hydrogen) atoms. The van der Waals surface area contributed by atoms with Crippen molar-refractivity contribution in [3.05, 3.63) is 23.5 Å². The van der Waals surface area contributed by atoms with Crippen LogP contribution < -0.4 is 10.1 Å². The largest absolute Gasteiger partial charge is 0.495 e. The zero-order valence-electron chi connectivity index (χ0n) is 11.4. The van der Waals surface area contributed by atoms with Gasteiger partial charge < -0.3 is 15.2 Å². The first kappa shape index (κ1) is 13.3. The molecular formula is C14H18N4O2. The number of likely N-dealkylation sites (tertiary alicyclic amines) is 1. The van der Waals surface area contributed by atoms with Crippen LogP contribution in [0.2, 0.25) is 0 Å². The number of nitrogens with zero attached hydrogens (tertiary/aromatic N) is 3. The monoisotopic (exact) mass is 274 g/mol. The van der Waals surface area contributed by atoms with E-state index in [2.05, 4.69) is 15.2 Å². The molecule has 3 atom stereocenters. The van der Waals surface area contributed by atoms with Crippen molar-refractivity contribution >= 4 is 0 Å². The Hall–Kier alpha value is -1.68. The number of aromatic nitrogens is 1. The fraction of sp³-hybridized carbons (Fsp3) is 0.571. The highest BCUT2D eigenvalue weighted by Gasteiger charge is 2.39. The van der Waals surface area contributed by atoms with Crippen molar-refractivity contribution in [2.75, 3.05) is 33.3 Å². The molecule has 1 aromatic heterocycles. The van der Waals surface area contributed by atoms with E-state index < -0.39 is 6.10 Å². The number of β-amino-alcohol motifs (C(OH)–C–C–N with tert-alkyl or cyclic N) is 1. The number of fused-ring (bicyclic) bond motifs is 1. The van der Waals surface area contributed by atoms with Gasteiger partial charge in [0.05, 0.1) is 12.8 Å². The van der Waals surface area contributed by atoms with Gasteiger partial charge in [-0.25, -0.2) is 0 Å². The van der Waals surface area contributed by atoms with Crippen LogP contribution in [0.15, 0.2) is 12.3 Å². The van der Waals surface area contributed by atoms with E-state index in [0.717, 1.165) is 25.6 Å². The molecule has 2 fully saturated rings. The molecule has 3 heterocycles. The Bertz CT molecular complexity index is 530. The first-order valence-electron chi connectivity index (χ1n) is 6.79. The first-order valence-corrected chi connectivity index (χ1v) is 6.79. The van der Waals surface area contributed by atoms with E-state index in [4.69, 9.17) is 10.00 Å². The summed E-state index contributed by atoms with van der Waals surface area (Å²) in [5.74, 6) is 1.19. The van der Waals surface area contributed by atoms with Crippen LogP contribution in [-0.2, 0) is 0 Å². The fourth-order valence-corrected chi connectivity index (χ4v) is 2.92. The van der Waals surface area contributed by atoms with Gasteiger partial charge in [0, 0.05) is 50.4 Å². The van der Waals surface area contributed by atoms with Gasteiger partial charge in [-0.1, -0.05) is 0 Å². The van der Waals surface area contributed by atoms with Gasteiger partial charge in [-0.15, -0.1) is 0 Å². The van der Waals surface area contributed by atoms with Crippen molar-refractivity contribution in [1.82, 2.24) is 15.2 Å². The standard InChI is InChI=1S/C14H18N4O2/c1-20-14-2-11(16-4-9(14)3-15)13(19)8-18-6-10-5-17-12(10)7-18/h2,4,10,12-13,17,19H,5-8H2,1H3. The molecular weight excluding hydrogens is 256 g/mol. The van der Waals surface area contributed by atoms with Gasteiger partial charge in [-0.3, -0.25) is 9.88 Å². The van der Waals surface area contributed by atoms with Crippen molar-refractivity contribution in [2.24, 2.45) is 5.92 Å². The SMILES string of the molecule is COc1cc(C(O)CN2CC3CNC3C2)ncc1C#N. The molecule has 3 rings (SSSR count). The second-order valence-corrected chi connectivity index (χ2v) is 5.43. The summed E-state index contributed by atoms with van der Waals surface area (Å²) in [6.07, 6.45) is 0.793. The Labute approximate surface area is 118 Å². The molecule has 2 aliphatic heterocycles. The van der Waals surface area contributed by atoms with Crippen LogP contribution >= 0.6 is 0 Å². The Morgan fingerprint density at radius 3 is 3.05 bits per heavy atom. The summed E-state index contributed by atoms with van der Waals surface area (Å²) in [6.45, 7) is 3.66. The van der Waals surface area contributed by atoms with Gasteiger partial charge in [-0.05, 0) is 0 Å². The summed E-state index contributed by atoms with van der Waals surface area (Å²) >= 11 is 0. The predicted molar refractivity (Wildman–Crippen MR) is 72.2 cm³/mol. The van der Waals surface area contributed by atoms with E-state index in [9.17, 15) is 5.11 Å². The van der Waals surface area contributed by atoms with Gasteiger partial charge in [0.1, 0.15) is 23.5 Å². The average Bonchev–Trinajstić information content (AvgIpc) is 2.73. The molecule has 0 amide bonds. The van der Waals surface area contributed by atoms with Crippen LogP contribution in [0, 0.1) is 17.2 Å². The van der Waals surface area contributed by atoms with Crippen LogP contribution in [-0.4, -0.2) is 54.3 Å². The topological polar surface area (TPSA) is 81.4 Å². The van der Waals surface area contributed by atoms with Crippen LogP contribution in [0.1, 0.15) is 17.4 Å². The number of nitrogens with one attached hydrogen (secondary N) is 1. The second kappa shape index (κ2) is 5.37. The highest BCUT2D eigenvalue weighted by atomic mass is 16.5. The molecule has 0 aliphatic carbocycles. The minimum absolute atomic E-state index is 0.381. The number of aliphatic hydroxyl groups excluding tert-OH is 1. The number of pyridine rings is 1.